The number of aromatic nitrogens is 2. The van der Waals surface area contributed by atoms with E-state index in [0.717, 1.165) is 5.69 Å². The first-order valence-corrected chi connectivity index (χ1v) is 7.04. The van der Waals surface area contributed by atoms with Crippen molar-refractivity contribution in [2.75, 3.05) is 0 Å². The molecule has 0 fully saturated rings. The van der Waals surface area contributed by atoms with Crippen molar-refractivity contribution in [2.24, 2.45) is 0 Å². The number of hydrogen-bond donors (Lipinski definition) is 3. The van der Waals surface area contributed by atoms with Crippen LogP contribution in [-0.2, 0) is 13.1 Å². The van der Waals surface area contributed by atoms with Gasteiger partial charge < -0.3 is 15.7 Å². The Labute approximate surface area is 116 Å². The molecule has 0 saturated heterocycles. The first-order chi connectivity index (χ1) is 9.15. The van der Waals surface area contributed by atoms with Crippen LogP contribution in [0.5, 0.6) is 0 Å². The summed E-state index contributed by atoms with van der Waals surface area (Å²) >= 11 is 2.65. The zero-order valence-corrected chi connectivity index (χ0v) is 11.3. The van der Waals surface area contributed by atoms with Crippen molar-refractivity contribution in [3.8, 4) is 0 Å². The monoisotopic (exact) mass is 298 g/mol. The number of carbonyl (C=O) groups excluding carboxylic acids is 1. The molecule has 19 heavy (non-hydrogen) atoms. The normalized spacial score (nSPS) is 10.1. The van der Waals surface area contributed by atoms with Crippen molar-refractivity contribution < 1.29 is 14.7 Å². The third-order valence-electron chi connectivity index (χ3n) is 2.08. The molecule has 2 heterocycles. The minimum atomic E-state index is -1.07. The van der Waals surface area contributed by atoms with E-state index in [1.165, 1.54) is 28.1 Å². The first kappa shape index (κ1) is 13.4. The lowest BCUT2D eigenvalue weighted by Crippen LogP contribution is -2.34. The molecule has 0 aliphatic rings. The molecule has 3 N–H and O–H groups in total. The molecule has 0 saturated carbocycles. The molecule has 0 aromatic carbocycles. The fraction of sp³-hybridized carbons (Fsp3) is 0.200. The van der Waals surface area contributed by atoms with Gasteiger partial charge in [0.1, 0.15) is 5.01 Å². The molecule has 2 aromatic heterocycles. The number of amides is 2. The van der Waals surface area contributed by atoms with Gasteiger partial charge in [-0.1, -0.05) is 0 Å². The minimum Gasteiger partial charge on any atom is -0.476 e. The zero-order chi connectivity index (χ0) is 13.7. The maximum absolute atomic E-state index is 11.5. The van der Waals surface area contributed by atoms with E-state index in [1.807, 2.05) is 5.38 Å². The quantitative estimate of drug-likeness (QED) is 0.771. The SMILES string of the molecule is O=C(NCc1cscn1)NCc1nc(C(=O)O)cs1. The summed E-state index contributed by atoms with van der Waals surface area (Å²) in [6.45, 7) is 0.550. The van der Waals surface area contributed by atoms with E-state index in [0.29, 0.717) is 11.6 Å². The highest BCUT2D eigenvalue weighted by Gasteiger charge is 2.09. The molecule has 2 rings (SSSR count). The van der Waals surface area contributed by atoms with Crippen LogP contribution in [0.1, 0.15) is 21.2 Å². The zero-order valence-electron chi connectivity index (χ0n) is 9.62. The Morgan fingerprint density at radius 1 is 1.26 bits per heavy atom. The molecule has 0 atom stereocenters. The van der Waals surface area contributed by atoms with Crippen LogP contribution < -0.4 is 10.6 Å². The van der Waals surface area contributed by atoms with Gasteiger partial charge in [-0.05, 0) is 0 Å². The van der Waals surface area contributed by atoms with E-state index >= 15 is 0 Å². The van der Waals surface area contributed by atoms with Crippen molar-refractivity contribution in [1.29, 1.82) is 0 Å². The molecule has 7 nitrogen and oxygen atoms in total. The van der Waals surface area contributed by atoms with E-state index in [1.54, 1.807) is 5.51 Å². The van der Waals surface area contributed by atoms with Gasteiger partial charge in [0.25, 0.3) is 0 Å². The topological polar surface area (TPSA) is 104 Å². The van der Waals surface area contributed by atoms with Crippen LogP contribution in [0, 0.1) is 0 Å². The second-order valence-corrected chi connectivity index (χ2v) is 5.11. The van der Waals surface area contributed by atoms with Crippen LogP contribution in [0.15, 0.2) is 16.3 Å². The van der Waals surface area contributed by atoms with Crippen molar-refractivity contribution in [2.45, 2.75) is 13.1 Å². The lowest BCUT2D eigenvalue weighted by atomic mass is 10.5. The average molecular weight is 298 g/mol. The maximum atomic E-state index is 11.5. The minimum absolute atomic E-state index is 0.00955. The summed E-state index contributed by atoms with van der Waals surface area (Å²) in [7, 11) is 0. The molecular formula is C10H10N4O3S2. The van der Waals surface area contributed by atoms with Crippen LogP contribution >= 0.6 is 22.7 Å². The number of carboxylic acids is 1. The number of aromatic carboxylic acids is 1. The lowest BCUT2D eigenvalue weighted by Gasteiger charge is -2.04. The molecule has 2 amide bonds. The smallest absolute Gasteiger partial charge is 0.355 e. The Balaban J connectivity index is 1.75. The highest BCUT2D eigenvalue weighted by atomic mass is 32.1. The Morgan fingerprint density at radius 2 is 2.05 bits per heavy atom. The van der Waals surface area contributed by atoms with Crippen LogP contribution in [0.2, 0.25) is 0 Å². The van der Waals surface area contributed by atoms with Gasteiger partial charge in [0.15, 0.2) is 5.69 Å². The summed E-state index contributed by atoms with van der Waals surface area (Å²) in [6, 6.07) is -0.347. The predicted molar refractivity (Wildman–Crippen MR) is 70.3 cm³/mol. The van der Waals surface area contributed by atoms with Crippen LogP contribution in [-0.4, -0.2) is 27.1 Å². The van der Waals surface area contributed by atoms with Crippen LogP contribution in [0.3, 0.4) is 0 Å². The fourth-order valence-corrected chi connectivity index (χ4v) is 2.47. The van der Waals surface area contributed by atoms with Gasteiger partial charge in [-0.15, -0.1) is 22.7 Å². The molecule has 100 valence electrons. The maximum Gasteiger partial charge on any atom is 0.355 e. The number of hydrogen-bond acceptors (Lipinski definition) is 6. The van der Waals surface area contributed by atoms with Crippen molar-refractivity contribution in [3.05, 3.63) is 32.7 Å². The molecular weight excluding hydrogens is 288 g/mol. The third kappa shape index (κ3) is 4.00. The molecule has 0 spiro atoms. The summed E-state index contributed by atoms with van der Waals surface area (Å²) < 4.78 is 0. The predicted octanol–water partition coefficient (Wildman–Crippen LogP) is 1.30. The Kier molecular flexibility index (Phi) is 4.42. The molecule has 0 aliphatic heterocycles. The molecule has 0 bridgehead atoms. The first-order valence-electron chi connectivity index (χ1n) is 5.21. The van der Waals surface area contributed by atoms with Crippen molar-refractivity contribution >= 4 is 34.7 Å². The molecule has 0 unspecified atom stereocenters. The van der Waals surface area contributed by atoms with Gasteiger partial charge in [-0.25, -0.2) is 19.6 Å². The Hall–Kier alpha value is -2.00. The van der Waals surface area contributed by atoms with Crippen molar-refractivity contribution in [3.63, 3.8) is 0 Å². The van der Waals surface area contributed by atoms with E-state index < -0.39 is 5.97 Å². The lowest BCUT2D eigenvalue weighted by molar-refractivity contribution is 0.0691. The van der Waals surface area contributed by atoms with Gasteiger partial charge in [0, 0.05) is 10.8 Å². The Bertz CT molecular complexity index is 567. The average Bonchev–Trinajstić information content (AvgIpc) is 3.05. The van der Waals surface area contributed by atoms with Crippen LogP contribution in [0.4, 0.5) is 4.79 Å². The summed E-state index contributed by atoms with van der Waals surface area (Å²) in [6.07, 6.45) is 0. The van der Waals surface area contributed by atoms with Gasteiger partial charge in [0.2, 0.25) is 0 Å². The molecule has 9 heteroatoms. The molecule has 0 aliphatic carbocycles. The van der Waals surface area contributed by atoms with Gasteiger partial charge >= 0.3 is 12.0 Å². The summed E-state index contributed by atoms with van der Waals surface area (Å²) in [5.74, 6) is -1.07. The van der Waals surface area contributed by atoms with Gasteiger partial charge in [0.05, 0.1) is 24.3 Å². The molecule has 2 aromatic rings. The number of carboxylic acid groups (broad SMARTS) is 1. The third-order valence-corrected chi connectivity index (χ3v) is 3.57. The van der Waals surface area contributed by atoms with Gasteiger partial charge in [-0.2, -0.15) is 0 Å². The second-order valence-electron chi connectivity index (χ2n) is 3.45. The van der Waals surface area contributed by atoms with E-state index in [9.17, 15) is 9.59 Å². The summed E-state index contributed by atoms with van der Waals surface area (Å²) in [5.41, 5.74) is 2.48. The number of carbonyl (C=O) groups is 2. The summed E-state index contributed by atoms with van der Waals surface area (Å²) in [4.78, 5) is 30.0. The number of rotatable bonds is 5. The van der Waals surface area contributed by atoms with Gasteiger partial charge in [-0.3, -0.25) is 0 Å². The highest BCUT2D eigenvalue weighted by molar-refractivity contribution is 7.09. The van der Waals surface area contributed by atoms with Crippen LogP contribution in [0.25, 0.3) is 0 Å². The van der Waals surface area contributed by atoms with E-state index in [-0.39, 0.29) is 18.3 Å². The van der Waals surface area contributed by atoms with E-state index in [4.69, 9.17) is 5.11 Å². The second kappa shape index (κ2) is 6.25. The number of urea groups is 1. The number of thiazole rings is 2. The highest BCUT2D eigenvalue weighted by Crippen LogP contribution is 2.09. The van der Waals surface area contributed by atoms with E-state index in [2.05, 4.69) is 20.6 Å². The Morgan fingerprint density at radius 3 is 2.68 bits per heavy atom. The van der Waals surface area contributed by atoms with Crippen molar-refractivity contribution in [1.82, 2.24) is 20.6 Å². The standard InChI is InChI=1S/C10H10N4O3S2/c15-9(16)7-4-19-8(14-7)2-12-10(17)11-1-6-3-18-5-13-6/h3-5H,1-2H2,(H,15,16)(H2,11,12,17). The summed E-state index contributed by atoms with van der Waals surface area (Å²) in [5, 5.41) is 17.8. The fourth-order valence-electron chi connectivity index (χ4n) is 1.20. The molecule has 0 radical (unpaired) electrons. The number of nitrogens with zero attached hydrogens (tertiary/aromatic N) is 2. The number of nitrogens with one attached hydrogen (secondary N) is 2. The largest absolute Gasteiger partial charge is 0.476 e.